The van der Waals surface area contributed by atoms with E-state index < -0.39 is 0 Å². The summed E-state index contributed by atoms with van der Waals surface area (Å²) >= 11 is 0. The molecule has 0 aromatic carbocycles. The quantitative estimate of drug-likeness (QED) is 0.286. The Hall–Kier alpha value is -0.520. The Balaban J connectivity index is 0. The molecule has 2 saturated carbocycles. The van der Waals surface area contributed by atoms with Crippen LogP contribution in [0.5, 0.6) is 0 Å². The highest BCUT2D eigenvalue weighted by molar-refractivity contribution is 5.23. The van der Waals surface area contributed by atoms with Gasteiger partial charge in [-0.1, -0.05) is 146 Å². The molecule has 0 radical (unpaired) electrons. The molecule has 3 rings (SSSR count). The fourth-order valence-electron chi connectivity index (χ4n) is 6.86. The van der Waals surface area contributed by atoms with Crippen molar-refractivity contribution in [1.29, 1.82) is 0 Å². The standard InChI is InChI=1S/C27H46.C4H10.C3H8.2C2H6/c1-6-7-8-9-10-20(2)11-14-24-22(4)12-16-26-25(24)15-13-23-19-21(3)17-18-27(23,26)5;1-4(2)3;1-3-2;2*1-2/h8-9,13,20-22,24-26H,6-7,10-12,14-19H2,1-5H3;4H,1-3H3;3H2,1-2H3;2*1-2H3/b9-8+;;;;. The first-order chi connectivity index (χ1) is 18.1. The number of unbranched alkanes of at least 4 members (excludes halogenated alkanes) is 1. The smallest absolute Gasteiger partial charge is 0.00851 e. The Labute approximate surface area is 244 Å². The number of hydrogen-bond acceptors (Lipinski definition) is 0. The van der Waals surface area contributed by atoms with E-state index in [1.165, 1.54) is 77.0 Å². The zero-order valence-corrected chi connectivity index (χ0v) is 29.3. The van der Waals surface area contributed by atoms with Crippen LogP contribution in [0.25, 0.3) is 0 Å². The Bertz CT molecular complexity index is 578. The van der Waals surface area contributed by atoms with Crippen molar-refractivity contribution in [3.8, 4) is 0 Å². The summed E-state index contributed by atoms with van der Waals surface area (Å²) in [4.78, 5) is 0. The lowest BCUT2D eigenvalue weighted by Crippen LogP contribution is -2.46. The molecule has 7 unspecified atom stereocenters. The molecule has 0 nitrogen and oxygen atoms in total. The highest BCUT2D eigenvalue weighted by Gasteiger charge is 2.50. The summed E-state index contributed by atoms with van der Waals surface area (Å²) in [5, 5.41) is 0. The minimum atomic E-state index is 0.544. The van der Waals surface area contributed by atoms with Crippen LogP contribution in [-0.4, -0.2) is 0 Å². The largest absolute Gasteiger partial charge is 0.0885 e. The van der Waals surface area contributed by atoms with Gasteiger partial charge in [0.2, 0.25) is 0 Å². The van der Waals surface area contributed by atoms with Crippen LogP contribution in [0.3, 0.4) is 0 Å². The van der Waals surface area contributed by atoms with E-state index in [-0.39, 0.29) is 0 Å². The number of rotatable bonds is 7. The minimum absolute atomic E-state index is 0.544. The lowest BCUT2D eigenvalue weighted by Gasteiger charge is -2.56. The van der Waals surface area contributed by atoms with Gasteiger partial charge in [0.25, 0.3) is 0 Å². The monoisotopic (exact) mass is 533 g/mol. The van der Waals surface area contributed by atoms with E-state index >= 15 is 0 Å². The first-order valence-corrected chi connectivity index (χ1v) is 17.4. The lowest BCUT2D eigenvalue weighted by molar-refractivity contribution is -0.00264. The van der Waals surface area contributed by atoms with Gasteiger partial charge in [0, 0.05) is 0 Å². The van der Waals surface area contributed by atoms with Gasteiger partial charge in [0.1, 0.15) is 0 Å². The molecule has 0 aliphatic heterocycles. The summed E-state index contributed by atoms with van der Waals surface area (Å²) in [5.74, 6) is 6.46. The van der Waals surface area contributed by atoms with Crippen molar-refractivity contribution >= 4 is 0 Å². The number of fused-ring (bicyclic) bond motifs is 3. The van der Waals surface area contributed by atoms with Crippen molar-refractivity contribution in [2.45, 2.75) is 174 Å². The van der Waals surface area contributed by atoms with Gasteiger partial charge in [0.15, 0.2) is 0 Å². The second kappa shape index (κ2) is 23.2. The molecular weight excluding hydrogens is 456 g/mol. The molecule has 0 amide bonds. The Morgan fingerprint density at radius 1 is 0.921 bits per heavy atom. The molecule has 2 fully saturated rings. The average molecular weight is 533 g/mol. The molecule has 0 heterocycles. The van der Waals surface area contributed by atoms with Crippen molar-refractivity contribution in [3.63, 3.8) is 0 Å². The van der Waals surface area contributed by atoms with Crippen LogP contribution in [0.4, 0.5) is 0 Å². The molecule has 38 heavy (non-hydrogen) atoms. The zero-order valence-electron chi connectivity index (χ0n) is 29.3. The van der Waals surface area contributed by atoms with Crippen LogP contribution >= 0.6 is 0 Å². The second-order valence-electron chi connectivity index (χ2n) is 13.3. The van der Waals surface area contributed by atoms with Crippen molar-refractivity contribution in [1.82, 2.24) is 0 Å². The average Bonchev–Trinajstić information content (AvgIpc) is 2.89. The maximum absolute atomic E-state index is 2.72. The SMILES string of the molecule is CC.CC.CC(C)C.CCC.CCC/C=C/CC(C)CCC1C(C)CCC2C1CC=C1CC(C)CCC12C. The maximum Gasteiger partial charge on any atom is -0.00851 e. The summed E-state index contributed by atoms with van der Waals surface area (Å²) in [6.07, 6.45) is 24.2. The molecule has 0 aromatic rings. The number of hydrogen-bond donors (Lipinski definition) is 0. The van der Waals surface area contributed by atoms with Gasteiger partial charge < -0.3 is 0 Å². The van der Waals surface area contributed by atoms with Crippen LogP contribution in [0.2, 0.25) is 0 Å². The third-order valence-corrected chi connectivity index (χ3v) is 8.80. The van der Waals surface area contributed by atoms with Crippen LogP contribution in [0, 0.1) is 46.8 Å². The van der Waals surface area contributed by atoms with E-state index in [1.54, 1.807) is 0 Å². The summed E-state index contributed by atoms with van der Waals surface area (Å²) in [6, 6.07) is 0. The van der Waals surface area contributed by atoms with Crippen LogP contribution in [0.15, 0.2) is 23.8 Å². The van der Waals surface area contributed by atoms with Crippen molar-refractivity contribution in [2.24, 2.45) is 46.8 Å². The van der Waals surface area contributed by atoms with Gasteiger partial charge in [0.05, 0.1) is 0 Å². The molecular formula is C38H76. The Morgan fingerprint density at radius 2 is 1.50 bits per heavy atom. The van der Waals surface area contributed by atoms with E-state index in [0.717, 1.165) is 41.4 Å². The predicted octanol–water partition coefficient (Wildman–Crippen LogP) is 13.7. The van der Waals surface area contributed by atoms with Crippen LogP contribution < -0.4 is 0 Å². The normalized spacial score (nSPS) is 30.4. The van der Waals surface area contributed by atoms with Gasteiger partial charge in [-0.05, 0) is 98.2 Å². The summed E-state index contributed by atoms with van der Waals surface area (Å²) in [7, 11) is 0. The highest BCUT2D eigenvalue weighted by Crippen LogP contribution is 2.60. The van der Waals surface area contributed by atoms with E-state index in [9.17, 15) is 0 Å². The summed E-state index contributed by atoms with van der Waals surface area (Å²) < 4.78 is 0. The van der Waals surface area contributed by atoms with Crippen molar-refractivity contribution < 1.29 is 0 Å². The van der Waals surface area contributed by atoms with E-state index in [2.05, 4.69) is 87.5 Å². The zero-order chi connectivity index (χ0) is 29.7. The van der Waals surface area contributed by atoms with E-state index in [4.69, 9.17) is 0 Å². The van der Waals surface area contributed by atoms with E-state index in [1.807, 2.05) is 33.3 Å². The molecule has 0 aromatic heterocycles. The molecule has 0 heteroatoms. The van der Waals surface area contributed by atoms with Gasteiger partial charge in [-0.25, -0.2) is 0 Å². The molecule has 0 bridgehead atoms. The molecule has 0 spiro atoms. The second-order valence-corrected chi connectivity index (χ2v) is 13.3. The third kappa shape index (κ3) is 14.2. The first kappa shape index (κ1) is 39.6. The molecule has 0 N–H and O–H groups in total. The van der Waals surface area contributed by atoms with Gasteiger partial charge in [-0.15, -0.1) is 0 Å². The first-order valence-electron chi connectivity index (χ1n) is 17.4. The van der Waals surface area contributed by atoms with Crippen molar-refractivity contribution in [2.75, 3.05) is 0 Å². The fourth-order valence-corrected chi connectivity index (χ4v) is 6.86. The molecule has 228 valence electrons. The lowest BCUT2D eigenvalue weighted by atomic mass is 9.49. The summed E-state index contributed by atoms with van der Waals surface area (Å²) in [6.45, 7) is 31.2. The number of allylic oxidation sites excluding steroid dienone is 4. The summed E-state index contributed by atoms with van der Waals surface area (Å²) in [5.41, 5.74) is 2.40. The van der Waals surface area contributed by atoms with Crippen LogP contribution in [0.1, 0.15) is 174 Å². The van der Waals surface area contributed by atoms with E-state index in [0.29, 0.717) is 5.41 Å². The maximum atomic E-state index is 2.72. The molecule has 3 aliphatic rings. The van der Waals surface area contributed by atoms with Crippen molar-refractivity contribution in [3.05, 3.63) is 23.8 Å². The fraction of sp³-hybridized carbons (Fsp3) is 0.895. The predicted molar refractivity (Wildman–Crippen MR) is 179 cm³/mol. The van der Waals surface area contributed by atoms with Gasteiger partial charge in [-0.3, -0.25) is 0 Å². The Morgan fingerprint density at radius 3 is 2.05 bits per heavy atom. The molecule has 3 aliphatic carbocycles. The van der Waals surface area contributed by atoms with Crippen LogP contribution in [-0.2, 0) is 0 Å². The highest BCUT2D eigenvalue weighted by atomic mass is 14.5. The Kier molecular flexibility index (Phi) is 24.2. The van der Waals surface area contributed by atoms with Gasteiger partial charge in [-0.2, -0.15) is 0 Å². The third-order valence-electron chi connectivity index (χ3n) is 8.80. The minimum Gasteiger partial charge on any atom is -0.0885 e. The van der Waals surface area contributed by atoms with Gasteiger partial charge >= 0.3 is 0 Å². The molecule has 0 saturated heterocycles. The topological polar surface area (TPSA) is 0 Å². The molecule has 7 atom stereocenters.